The molecule has 0 fully saturated rings. The molecule has 1 aliphatic heterocycles. The normalized spacial score (nSPS) is 15.9. The molecule has 0 aliphatic carbocycles. The molecule has 114 valence electrons. The summed E-state index contributed by atoms with van der Waals surface area (Å²) >= 11 is 0. The topological polar surface area (TPSA) is 102 Å². The summed E-state index contributed by atoms with van der Waals surface area (Å²) in [6.07, 6.45) is 1.36. The van der Waals surface area contributed by atoms with Crippen molar-refractivity contribution in [2.24, 2.45) is 4.99 Å². The Morgan fingerprint density at radius 2 is 2.14 bits per heavy atom. The first-order valence-corrected chi connectivity index (χ1v) is 6.57. The minimum absolute atomic E-state index is 0.0216. The van der Waals surface area contributed by atoms with Crippen LogP contribution < -0.4 is 0 Å². The number of hydrogen-bond donors (Lipinski definition) is 1. The molecule has 1 aromatic carbocycles. The predicted molar refractivity (Wildman–Crippen MR) is 80.5 cm³/mol. The van der Waals surface area contributed by atoms with Crippen molar-refractivity contribution >= 4 is 23.4 Å². The SMILES string of the molecule is CCOC(=O)C1=C(O)C(=Cc2ccccc2[N+](=O)[O-])N=C1C. The number of ether oxygens (including phenoxy) is 1. The van der Waals surface area contributed by atoms with E-state index in [-0.39, 0.29) is 34.9 Å². The number of rotatable bonds is 4. The lowest BCUT2D eigenvalue weighted by atomic mass is 10.1. The Hall–Kier alpha value is -2.96. The van der Waals surface area contributed by atoms with Crippen molar-refractivity contribution in [3.63, 3.8) is 0 Å². The number of esters is 1. The third-order valence-electron chi connectivity index (χ3n) is 3.03. The molecule has 7 nitrogen and oxygen atoms in total. The molecule has 0 spiro atoms. The van der Waals surface area contributed by atoms with Crippen LogP contribution in [0.25, 0.3) is 6.08 Å². The number of para-hydroxylation sites is 1. The number of nitro benzene ring substituents is 1. The zero-order valence-electron chi connectivity index (χ0n) is 12.1. The van der Waals surface area contributed by atoms with Gasteiger partial charge in [0.05, 0.1) is 22.8 Å². The van der Waals surface area contributed by atoms with E-state index in [4.69, 9.17) is 4.74 Å². The second kappa shape index (κ2) is 6.21. The highest BCUT2D eigenvalue weighted by Gasteiger charge is 2.28. The van der Waals surface area contributed by atoms with Gasteiger partial charge in [0.25, 0.3) is 5.69 Å². The molecule has 1 aliphatic rings. The lowest BCUT2D eigenvalue weighted by Crippen LogP contribution is -2.13. The molecule has 0 aromatic heterocycles. The van der Waals surface area contributed by atoms with Gasteiger partial charge in [-0.15, -0.1) is 0 Å². The monoisotopic (exact) mass is 302 g/mol. The molecule has 0 radical (unpaired) electrons. The summed E-state index contributed by atoms with van der Waals surface area (Å²) in [5, 5.41) is 21.1. The largest absolute Gasteiger partial charge is 0.505 e. The third-order valence-corrected chi connectivity index (χ3v) is 3.03. The molecule has 1 aromatic rings. The van der Waals surface area contributed by atoms with E-state index in [1.165, 1.54) is 18.2 Å². The Balaban J connectivity index is 2.47. The maximum Gasteiger partial charge on any atom is 0.343 e. The minimum atomic E-state index is -0.674. The van der Waals surface area contributed by atoms with E-state index >= 15 is 0 Å². The van der Waals surface area contributed by atoms with Gasteiger partial charge in [-0.25, -0.2) is 9.79 Å². The van der Waals surface area contributed by atoms with Crippen molar-refractivity contribution in [1.29, 1.82) is 0 Å². The number of aliphatic hydroxyl groups excluding tert-OH is 1. The molecule has 0 amide bonds. The van der Waals surface area contributed by atoms with E-state index < -0.39 is 10.9 Å². The number of aliphatic imine (C=N–C) groups is 1. The van der Waals surface area contributed by atoms with Gasteiger partial charge in [-0.1, -0.05) is 12.1 Å². The minimum Gasteiger partial charge on any atom is -0.505 e. The Kier molecular flexibility index (Phi) is 4.36. The van der Waals surface area contributed by atoms with Gasteiger partial charge in [-0.2, -0.15) is 0 Å². The fourth-order valence-electron chi connectivity index (χ4n) is 2.06. The summed E-state index contributed by atoms with van der Waals surface area (Å²) in [7, 11) is 0. The van der Waals surface area contributed by atoms with E-state index in [0.29, 0.717) is 5.71 Å². The van der Waals surface area contributed by atoms with Gasteiger partial charge in [0.15, 0.2) is 5.76 Å². The number of carbonyl (C=O) groups excluding carboxylic acids is 1. The number of hydrogen-bond acceptors (Lipinski definition) is 6. The van der Waals surface area contributed by atoms with Crippen molar-refractivity contribution in [3.8, 4) is 0 Å². The second-order valence-electron chi connectivity index (χ2n) is 4.49. The first kappa shape index (κ1) is 15.4. The van der Waals surface area contributed by atoms with E-state index in [0.717, 1.165) is 0 Å². The Morgan fingerprint density at radius 1 is 1.45 bits per heavy atom. The zero-order valence-corrected chi connectivity index (χ0v) is 12.1. The molecule has 0 saturated carbocycles. The van der Waals surface area contributed by atoms with Crippen molar-refractivity contribution in [3.05, 3.63) is 57.0 Å². The molecular formula is C15H14N2O5. The zero-order chi connectivity index (χ0) is 16.3. The van der Waals surface area contributed by atoms with Crippen LogP contribution in [-0.4, -0.2) is 28.3 Å². The summed E-state index contributed by atoms with van der Waals surface area (Å²) < 4.78 is 4.85. The molecule has 1 heterocycles. The molecule has 0 saturated heterocycles. The molecule has 7 heteroatoms. The highest BCUT2D eigenvalue weighted by atomic mass is 16.6. The van der Waals surface area contributed by atoms with Crippen molar-refractivity contribution in [1.82, 2.24) is 0 Å². The molecular weight excluding hydrogens is 288 g/mol. The first-order chi connectivity index (χ1) is 10.5. The Morgan fingerprint density at radius 3 is 2.77 bits per heavy atom. The van der Waals surface area contributed by atoms with E-state index in [1.54, 1.807) is 26.0 Å². The lowest BCUT2D eigenvalue weighted by molar-refractivity contribution is -0.385. The maximum absolute atomic E-state index is 11.8. The summed E-state index contributed by atoms with van der Waals surface area (Å²) in [4.78, 5) is 26.3. The van der Waals surface area contributed by atoms with Gasteiger partial charge < -0.3 is 9.84 Å². The summed E-state index contributed by atoms with van der Waals surface area (Å²) in [6, 6.07) is 6.07. The van der Waals surface area contributed by atoms with Crippen LogP contribution in [0.3, 0.4) is 0 Å². The van der Waals surface area contributed by atoms with Gasteiger partial charge in [0, 0.05) is 6.07 Å². The van der Waals surface area contributed by atoms with E-state index in [9.17, 15) is 20.0 Å². The van der Waals surface area contributed by atoms with E-state index in [2.05, 4.69) is 4.99 Å². The average molecular weight is 302 g/mol. The third kappa shape index (κ3) is 2.88. The summed E-state index contributed by atoms with van der Waals surface area (Å²) in [5.41, 5.74) is 0.554. The first-order valence-electron chi connectivity index (χ1n) is 6.57. The highest BCUT2D eigenvalue weighted by Crippen LogP contribution is 2.29. The van der Waals surface area contributed by atoms with Crippen LogP contribution in [-0.2, 0) is 9.53 Å². The van der Waals surface area contributed by atoms with Gasteiger partial charge in [0.2, 0.25) is 0 Å². The Bertz CT molecular complexity index is 731. The molecule has 0 atom stereocenters. The fraction of sp³-hybridized carbons (Fsp3) is 0.200. The van der Waals surface area contributed by atoms with Gasteiger partial charge >= 0.3 is 5.97 Å². The molecule has 0 unspecified atom stereocenters. The van der Waals surface area contributed by atoms with Crippen molar-refractivity contribution < 1.29 is 19.6 Å². The number of benzene rings is 1. The predicted octanol–water partition coefficient (Wildman–Crippen LogP) is 2.79. The Labute approximate surface area is 126 Å². The molecule has 22 heavy (non-hydrogen) atoms. The quantitative estimate of drug-likeness (QED) is 0.523. The smallest absolute Gasteiger partial charge is 0.343 e. The molecule has 1 N–H and O–H groups in total. The van der Waals surface area contributed by atoms with Crippen LogP contribution in [0, 0.1) is 10.1 Å². The lowest BCUT2D eigenvalue weighted by Gasteiger charge is -2.03. The average Bonchev–Trinajstić information content (AvgIpc) is 2.74. The van der Waals surface area contributed by atoms with E-state index in [1.807, 2.05) is 0 Å². The van der Waals surface area contributed by atoms with Crippen LogP contribution in [0.15, 0.2) is 46.3 Å². The maximum atomic E-state index is 11.8. The van der Waals surface area contributed by atoms with Crippen LogP contribution in [0.5, 0.6) is 0 Å². The standard InChI is InChI=1S/C15H14N2O5/c1-3-22-15(19)13-9(2)16-11(14(13)18)8-10-6-4-5-7-12(10)17(20)21/h4-8,18H,3H2,1-2H3. The molecule has 2 rings (SSSR count). The second-order valence-corrected chi connectivity index (χ2v) is 4.49. The van der Waals surface area contributed by atoms with Crippen LogP contribution in [0.4, 0.5) is 5.69 Å². The van der Waals surface area contributed by atoms with Crippen LogP contribution in [0.1, 0.15) is 19.4 Å². The van der Waals surface area contributed by atoms with Gasteiger partial charge in [-0.05, 0) is 26.0 Å². The fourth-order valence-corrected chi connectivity index (χ4v) is 2.06. The number of carbonyl (C=O) groups is 1. The summed E-state index contributed by atoms with van der Waals surface area (Å²) in [5.74, 6) is -1.01. The summed E-state index contributed by atoms with van der Waals surface area (Å²) in [6.45, 7) is 3.38. The van der Waals surface area contributed by atoms with Gasteiger partial charge in [0.1, 0.15) is 11.3 Å². The van der Waals surface area contributed by atoms with Crippen LogP contribution >= 0.6 is 0 Å². The van der Waals surface area contributed by atoms with Crippen LogP contribution in [0.2, 0.25) is 0 Å². The van der Waals surface area contributed by atoms with Crippen molar-refractivity contribution in [2.75, 3.05) is 6.61 Å². The molecule has 0 bridgehead atoms. The number of nitro groups is 1. The van der Waals surface area contributed by atoms with Crippen molar-refractivity contribution in [2.45, 2.75) is 13.8 Å². The number of nitrogens with zero attached hydrogens (tertiary/aromatic N) is 2. The highest BCUT2D eigenvalue weighted by molar-refractivity contribution is 6.22. The number of aliphatic hydroxyl groups is 1. The van der Waals surface area contributed by atoms with Gasteiger partial charge in [-0.3, -0.25) is 10.1 Å².